The molecule has 4 aromatic rings. The lowest BCUT2D eigenvalue weighted by atomic mass is 9.98. The van der Waals surface area contributed by atoms with Crippen LogP contribution in [-0.2, 0) is 0 Å². The van der Waals surface area contributed by atoms with Crippen LogP contribution in [0.15, 0.2) is 106 Å². The Bertz CT molecular complexity index is 1200. The Kier molecular flexibility index (Phi) is 5.41. The van der Waals surface area contributed by atoms with Crippen LogP contribution in [0.1, 0.15) is 29.2 Å². The van der Waals surface area contributed by atoms with E-state index in [4.69, 9.17) is 5.10 Å². The van der Waals surface area contributed by atoms with E-state index in [0.29, 0.717) is 0 Å². The highest BCUT2D eigenvalue weighted by Crippen LogP contribution is 2.37. The lowest BCUT2D eigenvalue weighted by molar-refractivity contribution is 0.709. The molecule has 0 radical (unpaired) electrons. The number of aromatic nitrogens is 3. The Labute approximate surface area is 188 Å². The summed E-state index contributed by atoms with van der Waals surface area (Å²) in [5.74, 6) is 0. The van der Waals surface area contributed by atoms with Crippen LogP contribution in [0.2, 0.25) is 0 Å². The Balaban J connectivity index is 1.45. The van der Waals surface area contributed by atoms with E-state index in [1.807, 2.05) is 18.2 Å². The van der Waals surface area contributed by atoms with Gasteiger partial charge in [0, 0.05) is 10.9 Å². The molecule has 5 rings (SSSR count). The molecule has 0 amide bonds. The van der Waals surface area contributed by atoms with Crippen LogP contribution < -0.4 is 5.01 Å². The largest absolute Gasteiger partial charge is 0.257 e. The third-order valence-corrected chi connectivity index (χ3v) is 5.71. The van der Waals surface area contributed by atoms with Crippen molar-refractivity contribution in [2.45, 2.75) is 12.5 Å². The Morgan fingerprint density at radius 2 is 1.58 bits per heavy atom. The third-order valence-electron chi connectivity index (χ3n) is 5.18. The fourth-order valence-corrected chi connectivity index (χ4v) is 3.86. The molecule has 31 heavy (non-hydrogen) atoms. The first kappa shape index (κ1) is 19.4. The van der Waals surface area contributed by atoms with Crippen LogP contribution in [0.3, 0.4) is 0 Å². The number of hydrogen-bond acceptors (Lipinski definition) is 5. The van der Waals surface area contributed by atoms with Gasteiger partial charge in [-0.05, 0) is 41.0 Å². The molecule has 1 unspecified atom stereocenters. The summed E-state index contributed by atoms with van der Waals surface area (Å²) in [5, 5.41) is 18.9. The van der Waals surface area contributed by atoms with Gasteiger partial charge in [-0.25, -0.2) is 4.68 Å². The van der Waals surface area contributed by atoms with Crippen LogP contribution in [0.5, 0.6) is 0 Å². The highest BCUT2D eigenvalue weighted by atomic mass is 79.9. The maximum Gasteiger partial charge on any atom is 0.141 e. The van der Waals surface area contributed by atoms with Crippen LogP contribution in [0.25, 0.3) is 0 Å². The molecular weight excluding hydrogens is 452 g/mol. The minimum Gasteiger partial charge on any atom is -0.257 e. The molecule has 0 bridgehead atoms. The van der Waals surface area contributed by atoms with Crippen LogP contribution in [0.4, 0.5) is 5.69 Å². The summed E-state index contributed by atoms with van der Waals surface area (Å²) in [6.07, 6.45) is 5.74. The van der Waals surface area contributed by atoms with Gasteiger partial charge in [0.1, 0.15) is 12.7 Å². The minimum absolute atomic E-state index is 0.139. The summed E-state index contributed by atoms with van der Waals surface area (Å²) in [6.45, 7) is 0. The molecule has 2 heterocycles. The number of halogens is 1. The van der Waals surface area contributed by atoms with Gasteiger partial charge in [0.25, 0.3) is 0 Å². The van der Waals surface area contributed by atoms with E-state index in [2.05, 4.69) is 96.9 Å². The molecule has 6 nitrogen and oxygen atoms in total. The number of hydrogen-bond donors (Lipinski definition) is 0. The standard InChI is InChI=1S/C24H19BrN6/c25-21-10-8-20(9-11-21)24-14-23(19-4-2-1-3-5-19)29-31(24)22-12-6-18(7-13-22)15-28-30-16-26-27-17-30/h1-13,15-17,24H,14H2. The summed E-state index contributed by atoms with van der Waals surface area (Å²) in [6, 6.07) is 27.2. The van der Waals surface area contributed by atoms with Crippen molar-refractivity contribution in [3.05, 3.63) is 113 Å². The smallest absolute Gasteiger partial charge is 0.141 e. The molecular formula is C24H19BrN6. The molecule has 0 spiro atoms. The van der Waals surface area contributed by atoms with Gasteiger partial charge in [0.2, 0.25) is 0 Å². The molecule has 152 valence electrons. The average molecular weight is 471 g/mol. The van der Waals surface area contributed by atoms with Crippen molar-refractivity contribution in [2.75, 3.05) is 5.01 Å². The second-order valence-corrected chi connectivity index (χ2v) is 8.12. The molecule has 0 saturated heterocycles. The topological polar surface area (TPSA) is 58.7 Å². The first-order valence-corrected chi connectivity index (χ1v) is 10.7. The van der Waals surface area contributed by atoms with Gasteiger partial charge in [0.15, 0.2) is 0 Å². The second-order valence-electron chi connectivity index (χ2n) is 7.21. The van der Waals surface area contributed by atoms with Crippen molar-refractivity contribution in [2.24, 2.45) is 10.2 Å². The van der Waals surface area contributed by atoms with Crippen LogP contribution in [0, 0.1) is 0 Å². The predicted molar refractivity (Wildman–Crippen MR) is 126 cm³/mol. The lowest BCUT2D eigenvalue weighted by Crippen LogP contribution is -2.18. The molecule has 7 heteroatoms. The van der Waals surface area contributed by atoms with Crippen LogP contribution in [-0.4, -0.2) is 26.8 Å². The van der Waals surface area contributed by atoms with E-state index < -0.39 is 0 Å². The Morgan fingerprint density at radius 1 is 0.871 bits per heavy atom. The second kappa shape index (κ2) is 8.65. The zero-order valence-electron chi connectivity index (χ0n) is 16.6. The molecule has 1 aromatic heterocycles. The molecule has 1 aliphatic heterocycles. The molecule has 0 saturated carbocycles. The number of benzene rings is 3. The van der Waals surface area contributed by atoms with E-state index in [1.54, 1.807) is 23.5 Å². The van der Waals surface area contributed by atoms with E-state index in [9.17, 15) is 0 Å². The van der Waals surface area contributed by atoms with Gasteiger partial charge < -0.3 is 0 Å². The fraction of sp³-hybridized carbons (Fsp3) is 0.0833. The first-order chi connectivity index (χ1) is 15.3. The van der Waals surface area contributed by atoms with Gasteiger partial charge in [-0.2, -0.15) is 10.2 Å². The summed E-state index contributed by atoms with van der Waals surface area (Å²) in [5.41, 5.74) is 5.51. The average Bonchev–Trinajstić information content (AvgIpc) is 3.50. The summed E-state index contributed by atoms with van der Waals surface area (Å²) < 4.78 is 2.63. The highest BCUT2D eigenvalue weighted by molar-refractivity contribution is 9.10. The van der Waals surface area contributed by atoms with E-state index in [-0.39, 0.29) is 6.04 Å². The van der Waals surface area contributed by atoms with Gasteiger partial charge in [-0.15, -0.1) is 10.2 Å². The monoisotopic (exact) mass is 470 g/mol. The van der Waals surface area contributed by atoms with Crippen molar-refractivity contribution in [3.8, 4) is 0 Å². The summed E-state index contributed by atoms with van der Waals surface area (Å²) in [7, 11) is 0. The molecule has 0 N–H and O–H groups in total. The Hall–Kier alpha value is -3.58. The van der Waals surface area contributed by atoms with Crippen molar-refractivity contribution in [3.63, 3.8) is 0 Å². The van der Waals surface area contributed by atoms with Gasteiger partial charge >= 0.3 is 0 Å². The fourth-order valence-electron chi connectivity index (χ4n) is 3.60. The predicted octanol–water partition coefficient (Wildman–Crippen LogP) is 5.28. The maximum atomic E-state index is 5.01. The number of hydrazone groups is 1. The zero-order valence-corrected chi connectivity index (χ0v) is 18.2. The lowest BCUT2D eigenvalue weighted by Gasteiger charge is -2.24. The van der Waals surface area contributed by atoms with E-state index in [1.165, 1.54) is 5.56 Å². The normalized spacial score (nSPS) is 16.1. The SMILES string of the molecule is Brc1ccc(C2CC(c3ccccc3)=NN2c2ccc(C=Nn3cnnc3)cc2)cc1. The maximum absolute atomic E-state index is 5.01. The Morgan fingerprint density at radius 3 is 2.29 bits per heavy atom. The molecule has 0 aliphatic carbocycles. The van der Waals surface area contributed by atoms with Gasteiger partial charge in [-0.3, -0.25) is 5.01 Å². The van der Waals surface area contributed by atoms with E-state index >= 15 is 0 Å². The van der Waals surface area contributed by atoms with Crippen molar-refractivity contribution in [1.82, 2.24) is 14.9 Å². The number of rotatable bonds is 5. The summed E-state index contributed by atoms with van der Waals surface area (Å²) >= 11 is 3.54. The van der Waals surface area contributed by atoms with Crippen molar-refractivity contribution >= 4 is 33.5 Å². The minimum atomic E-state index is 0.139. The third kappa shape index (κ3) is 4.32. The first-order valence-electron chi connectivity index (χ1n) is 9.93. The van der Waals surface area contributed by atoms with Crippen molar-refractivity contribution in [1.29, 1.82) is 0 Å². The quantitative estimate of drug-likeness (QED) is 0.372. The molecule has 0 fully saturated rings. The molecule has 3 aromatic carbocycles. The summed E-state index contributed by atoms with van der Waals surface area (Å²) in [4.78, 5) is 0. The van der Waals surface area contributed by atoms with Crippen molar-refractivity contribution < 1.29 is 0 Å². The number of nitrogens with zero attached hydrogens (tertiary/aromatic N) is 6. The van der Waals surface area contributed by atoms with Gasteiger partial charge in [0.05, 0.1) is 23.7 Å². The zero-order chi connectivity index (χ0) is 21.0. The molecule has 1 aliphatic rings. The van der Waals surface area contributed by atoms with Crippen LogP contribution >= 0.6 is 15.9 Å². The highest BCUT2D eigenvalue weighted by Gasteiger charge is 2.29. The number of anilines is 1. The van der Waals surface area contributed by atoms with Gasteiger partial charge in [-0.1, -0.05) is 70.5 Å². The van der Waals surface area contributed by atoms with E-state index in [0.717, 1.165) is 33.4 Å². The molecule has 1 atom stereocenters.